The molecule has 1 aliphatic rings. The van der Waals surface area contributed by atoms with Gasteiger partial charge in [0.1, 0.15) is 0 Å². The Bertz CT molecular complexity index is 423. The Balaban J connectivity index is 2.16. The predicted molar refractivity (Wildman–Crippen MR) is 87.3 cm³/mol. The van der Waals surface area contributed by atoms with Gasteiger partial charge in [-0.25, -0.2) is 0 Å². The van der Waals surface area contributed by atoms with Gasteiger partial charge in [0.25, 0.3) is 0 Å². The molecule has 1 aliphatic heterocycles. The highest BCUT2D eigenvalue weighted by Gasteiger charge is 2.40. The first kappa shape index (κ1) is 15.8. The number of nitrogens with two attached hydrogens (primary N) is 1. The Hall–Kier alpha value is -0.570. The van der Waals surface area contributed by atoms with Gasteiger partial charge in [-0.3, -0.25) is 4.90 Å². The fraction of sp³-hybridized carbons (Fsp3) is 0.647. The van der Waals surface area contributed by atoms with Crippen molar-refractivity contribution < 1.29 is 0 Å². The number of nitrogens with zero attached hydrogens (tertiary/aromatic N) is 1. The van der Waals surface area contributed by atoms with Crippen LogP contribution >= 0.6 is 11.6 Å². The Morgan fingerprint density at radius 2 is 1.90 bits per heavy atom. The SMILES string of the molecule is CCC(CC)(C(N)Cc1cccc(Cl)c1)N1CCCC1. The molecule has 2 rings (SSSR count). The van der Waals surface area contributed by atoms with Crippen LogP contribution in [0.4, 0.5) is 0 Å². The first-order valence-corrected chi connectivity index (χ1v) is 8.25. The van der Waals surface area contributed by atoms with Gasteiger partial charge in [-0.2, -0.15) is 0 Å². The Kier molecular flexibility index (Phi) is 5.48. The largest absolute Gasteiger partial charge is 0.326 e. The molecule has 112 valence electrons. The van der Waals surface area contributed by atoms with E-state index in [-0.39, 0.29) is 11.6 Å². The average Bonchev–Trinajstić information content (AvgIpc) is 2.95. The van der Waals surface area contributed by atoms with E-state index in [9.17, 15) is 0 Å². The van der Waals surface area contributed by atoms with E-state index in [2.05, 4.69) is 24.8 Å². The molecule has 1 unspecified atom stereocenters. The van der Waals surface area contributed by atoms with E-state index < -0.39 is 0 Å². The van der Waals surface area contributed by atoms with Gasteiger partial charge in [-0.05, 0) is 62.9 Å². The summed E-state index contributed by atoms with van der Waals surface area (Å²) in [6.07, 6.45) is 5.76. The van der Waals surface area contributed by atoms with Crippen molar-refractivity contribution in [1.82, 2.24) is 4.90 Å². The fourth-order valence-corrected chi connectivity index (χ4v) is 3.94. The Morgan fingerprint density at radius 1 is 1.25 bits per heavy atom. The van der Waals surface area contributed by atoms with Crippen molar-refractivity contribution in [3.05, 3.63) is 34.9 Å². The zero-order valence-electron chi connectivity index (χ0n) is 12.7. The molecule has 0 bridgehead atoms. The summed E-state index contributed by atoms with van der Waals surface area (Å²) in [6.45, 7) is 6.95. The topological polar surface area (TPSA) is 29.3 Å². The summed E-state index contributed by atoms with van der Waals surface area (Å²) in [5.74, 6) is 0. The summed E-state index contributed by atoms with van der Waals surface area (Å²) < 4.78 is 0. The van der Waals surface area contributed by atoms with Crippen molar-refractivity contribution in [1.29, 1.82) is 0 Å². The van der Waals surface area contributed by atoms with E-state index in [0.29, 0.717) is 0 Å². The molecule has 2 N–H and O–H groups in total. The van der Waals surface area contributed by atoms with E-state index in [4.69, 9.17) is 17.3 Å². The van der Waals surface area contributed by atoms with Gasteiger partial charge in [0.15, 0.2) is 0 Å². The van der Waals surface area contributed by atoms with Crippen LogP contribution in [0.15, 0.2) is 24.3 Å². The van der Waals surface area contributed by atoms with E-state index in [1.165, 1.54) is 31.5 Å². The second-order valence-electron chi connectivity index (χ2n) is 5.95. The van der Waals surface area contributed by atoms with Gasteiger partial charge in [-0.1, -0.05) is 37.6 Å². The van der Waals surface area contributed by atoms with Gasteiger partial charge in [0.05, 0.1) is 0 Å². The van der Waals surface area contributed by atoms with Gasteiger partial charge < -0.3 is 5.73 Å². The third-order valence-corrected chi connectivity index (χ3v) is 5.23. The molecule has 1 saturated heterocycles. The van der Waals surface area contributed by atoms with E-state index >= 15 is 0 Å². The van der Waals surface area contributed by atoms with Crippen LogP contribution in [0, 0.1) is 0 Å². The average molecular weight is 295 g/mol. The maximum absolute atomic E-state index is 6.65. The van der Waals surface area contributed by atoms with Gasteiger partial charge in [-0.15, -0.1) is 0 Å². The second-order valence-corrected chi connectivity index (χ2v) is 6.38. The van der Waals surface area contributed by atoms with E-state index in [0.717, 1.165) is 24.3 Å². The molecule has 1 aromatic rings. The molecule has 0 spiro atoms. The maximum Gasteiger partial charge on any atom is 0.0408 e. The quantitative estimate of drug-likeness (QED) is 0.863. The molecule has 2 nitrogen and oxygen atoms in total. The van der Waals surface area contributed by atoms with Crippen molar-refractivity contribution in [3.63, 3.8) is 0 Å². The lowest BCUT2D eigenvalue weighted by atomic mass is 9.80. The van der Waals surface area contributed by atoms with Crippen LogP contribution in [0.5, 0.6) is 0 Å². The molecule has 0 amide bonds. The zero-order chi connectivity index (χ0) is 14.6. The number of hydrogen-bond donors (Lipinski definition) is 1. The van der Waals surface area contributed by atoms with Gasteiger partial charge >= 0.3 is 0 Å². The molecule has 0 radical (unpaired) electrons. The summed E-state index contributed by atoms with van der Waals surface area (Å²) in [5.41, 5.74) is 8.03. The van der Waals surface area contributed by atoms with Crippen LogP contribution < -0.4 is 5.73 Å². The molecule has 0 aromatic heterocycles. The van der Waals surface area contributed by atoms with Crippen LogP contribution in [0.1, 0.15) is 45.1 Å². The summed E-state index contributed by atoms with van der Waals surface area (Å²) >= 11 is 6.09. The Labute approximate surface area is 128 Å². The lowest BCUT2D eigenvalue weighted by Crippen LogP contribution is -2.59. The van der Waals surface area contributed by atoms with Crippen LogP contribution in [0.3, 0.4) is 0 Å². The first-order chi connectivity index (χ1) is 9.62. The number of benzene rings is 1. The summed E-state index contributed by atoms with van der Waals surface area (Å²) in [7, 11) is 0. The lowest BCUT2D eigenvalue weighted by molar-refractivity contribution is 0.0768. The first-order valence-electron chi connectivity index (χ1n) is 7.87. The molecule has 1 heterocycles. The van der Waals surface area contributed by atoms with Crippen LogP contribution in [0.25, 0.3) is 0 Å². The zero-order valence-corrected chi connectivity index (χ0v) is 13.5. The lowest BCUT2D eigenvalue weighted by Gasteiger charge is -2.45. The third kappa shape index (κ3) is 3.19. The molecule has 3 heteroatoms. The standard InChI is InChI=1S/C17H27ClN2/c1-3-17(4-2,20-10-5-6-11-20)16(19)13-14-8-7-9-15(18)12-14/h7-9,12,16H,3-6,10-11,13,19H2,1-2H3. The van der Waals surface area contributed by atoms with Gasteiger partial charge in [0.2, 0.25) is 0 Å². The molecule has 20 heavy (non-hydrogen) atoms. The normalized spacial score (nSPS) is 18.4. The number of rotatable bonds is 6. The smallest absolute Gasteiger partial charge is 0.0408 e. The molecule has 0 aliphatic carbocycles. The predicted octanol–water partition coefficient (Wildman–Crippen LogP) is 3.86. The molecular formula is C17H27ClN2. The highest BCUT2D eigenvalue weighted by Crippen LogP contribution is 2.32. The summed E-state index contributed by atoms with van der Waals surface area (Å²) in [4.78, 5) is 2.63. The maximum atomic E-state index is 6.65. The highest BCUT2D eigenvalue weighted by molar-refractivity contribution is 6.30. The van der Waals surface area contributed by atoms with Crippen LogP contribution in [0.2, 0.25) is 5.02 Å². The minimum absolute atomic E-state index is 0.138. The molecule has 0 saturated carbocycles. The minimum atomic E-state index is 0.138. The van der Waals surface area contributed by atoms with Crippen molar-refractivity contribution >= 4 is 11.6 Å². The van der Waals surface area contributed by atoms with Crippen LogP contribution in [-0.4, -0.2) is 29.6 Å². The van der Waals surface area contributed by atoms with Crippen molar-refractivity contribution in [2.75, 3.05) is 13.1 Å². The minimum Gasteiger partial charge on any atom is -0.326 e. The van der Waals surface area contributed by atoms with Crippen molar-refractivity contribution in [2.24, 2.45) is 5.73 Å². The van der Waals surface area contributed by atoms with Crippen molar-refractivity contribution in [2.45, 2.75) is 57.5 Å². The number of hydrogen-bond acceptors (Lipinski definition) is 2. The van der Waals surface area contributed by atoms with Gasteiger partial charge in [0, 0.05) is 16.6 Å². The Morgan fingerprint density at radius 3 is 2.45 bits per heavy atom. The summed E-state index contributed by atoms with van der Waals surface area (Å²) in [6, 6.07) is 8.27. The fourth-order valence-electron chi connectivity index (χ4n) is 3.73. The monoisotopic (exact) mass is 294 g/mol. The van der Waals surface area contributed by atoms with E-state index in [1.807, 2.05) is 18.2 Å². The summed E-state index contributed by atoms with van der Waals surface area (Å²) in [5, 5.41) is 0.800. The molecular weight excluding hydrogens is 268 g/mol. The second kappa shape index (κ2) is 6.93. The molecule has 1 aromatic carbocycles. The molecule has 1 fully saturated rings. The van der Waals surface area contributed by atoms with E-state index in [1.54, 1.807) is 0 Å². The third-order valence-electron chi connectivity index (χ3n) is 5.00. The molecule has 1 atom stereocenters. The van der Waals surface area contributed by atoms with Crippen molar-refractivity contribution in [3.8, 4) is 0 Å². The van der Waals surface area contributed by atoms with Crippen LogP contribution in [-0.2, 0) is 6.42 Å². The number of halogens is 1. The number of likely N-dealkylation sites (tertiary alicyclic amines) is 1. The highest BCUT2D eigenvalue weighted by atomic mass is 35.5.